The van der Waals surface area contributed by atoms with Crippen molar-refractivity contribution in [3.8, 4) is 0 Å². The number of hydrogen-bond donors (Lipinski definition) is 0. The molecule has 0 aliphatic heterocycles. The van der Waals surface area contributed by atoms with Crippen LogP contribution in [0.25, 0.3) is 0 Å². The number of sulfonamides is 1. The Bertz CT molecular complexity index is 693. The van der Waals surface area contributed by atoms with Gasteiger partial charge in [0.15, 0.2) is 0 Å². The zero-order valence-electron chi connectivity index (χ0n) is 10.7. The Morgan fingerprint density at radius 2 is 1.95 bits per heavy atom. The maximum absolute atomic E-state index is 12.8. The third kappa shape index (κ3) is 2.61. The minimum Gasteiger partial charge on any atom is -0.468 e. The molecule has 0 saturated heterocycles. The Morgan fingerprint density at radius 3 is 2.55 bits per heavy atom. The smallest absolute Gasteiger partial charge is 0.245 e. The second-order valence-corrected chi connectivity index (χ2v) is 7.06. The second kappa shape index (κ2) is 5.24. The maximum Gasteiger partial charge on any atom is 0.245 e. The highest BCUT2D eigenvalue weighted by Crippen LogP contribution is 2.35. The molecular weight excluding hydrogens is 298 g/mol. The topological polar surface area (TPSA) is 50.5 Å². The first-order valence-electron chi connectivity index (χ1n) is 6.38. The van der Waals surface area contributed by atoms with Gasteiger partial charge in [-0.2, -0.15) is 4.31 Å². The molecule has 0 radical (unpaired) electrons. The van der Waals surface area contributed by atoms with E-state index in [9.17, 15) is 8.42 Å². The van der Waals surface area contributed by atoms with Crippen LogP contribution in [0.2, 0.25) is 5.02 Å². The fraction of sp³-hybridized carbons (Fsp3) is 0.286. The van der Waals surface area contributed by atoms with Crippen LogP contribution in [0.4, 0.5) is 0 Å². The molecule has 0 spiro atoms. The standard InChI is InChI=1S/C14H14ClNO3S/c15-13-5-1-2-6-14(13)20(17,18)16(11-7-8-11)10-12-4-3-9-19-12/h1-6,9,11H,7-8,10H2. The average molecular weight is 312 g/mol. The van der Waals surface area contributed by atoms with E-state index in [0.717, 1.165) is 12.8 Å². The van der Waals surface area contributed by atoms with Gasteiger partial charge in [0.2, 0.25) is 10.0 Å². The van der Waals surface area contributed by atoms with Crippen LogP contribution in [0.5, 0.6) is 0 Å². The van der Waals surface area contributed by atoms with Gasteiger partial charge in [0, 0.05) is 6.04 Å². The molecule has 0 atom stereocenters. The SMILES string of the molecule is O=S(=O)(c1ccccc1Cl)N(Cc1ccco1)C1CC1. The lowest BCUT2D eigenvalue weighted by Gasteiger charge is -2.21. The molecule has 0 N–H and O–H groups in total. The van der Waals surface area contributed by atoms with Crippen molar-refractivity contribution >= 4 is 21.6 Å². The first-order valence-corrected chi connectivity index (χ1v) is 8.19. The van der Waals surface area contributed by atoms with Gasteiger partial charge in [-0.25, -0.2) is 8.42 Å². The number of rotatable bonds is 5. The Labute approximate surface area is 123 Å². The number of hydrogen-bond acceptors (Lipinski definition) is 3. The van der Waals surface area contributed by atoms with Gasteiger partial charge in [0.05, 0.1) is 17.8 Å². The lowest BCUT2D eigenvalue weighted by molar-refractivity contribution is 0.356. The van der Waals surface area contributed by atoms with Gasteiger partial charge < -0.3 is 4.42 Å². The van der Waals surface area contributed by atoms with Crippen molar-refractivity contribution in [2.75, 3.05) is 0 Å². The lowest BCUT2D eigenvalue weighted by Crippen LogP contribution is -2.32. The van der Waals surface area contributed by atoms with E-state index in [1.165, 1.54) is 10.4 Å². The summed E-state index contributed by atoms with van der Waals surface area (Å²) in [6.07, 6.45) is 3.30. The summed E-state index contributed by atoms with van der Waals surface area (Å²) in [5.74, 6) is 0.632. The van der Waals surface area contributed by atoms with Gasteiger partial charge in [-0.3, -0.25) is 0 Å². The van der Waals surface area contributed by atoms with Crippen molar-refractivity contribution in [3.05, 3.63) is 53.4 Å². The molecular formula is C14H14ClNO3S. The highest BCUT2D eigenvalue weighted by Gasteiger charge is 2.39. The summed E-state index contributed by atoms with van der Waals surface area (Å²) in [6.45, 7) is 0.241. The van der Waals surface area contributed by atoms with Crippen molar-refractivity contribution in [1.82, 2.24) is 4.31 Å². The van der Waals surface area contributed by atoms with E-state index >= 15 is 0 Å². The van der Waals surface area contributed by atoms with E-state index in [2.05, 4.69) is 0 Å². The predicted octanol–water partition coefficient (Wildman–Crippen LogP) is 3.29. The molecule has 1 aromatic heterocycles. The molecule has 1 saturated carbocycles. The largest absolute Gasteiger partial charge is 0.468 e. The summed E-state index contributed by atoms with van der Waals surface area (Å²) < 4.78 is 32.3. The molecule has 6 heteroatoms. The Balaban J connectivity index is 1.96. The Hall–Kier alpha value is -1.30. The number of halogens is 1. The van der Waals surface area contributed by atoms with Gasteiger partial charge in [0.25, 0.3) is 0 Å². The highest BCUT2D eigenvalue weighted by molar-refractivity contribution is 7.89. The molecule has 2 aromatic rings. The molecule has 0 unspecified atom stereocenters. The fourth-order valence-corrected chi connectivity index (χ4v) is 4.26. The van der Waals surface area contributed by atoms with E-state index in [4.69, 9.17) is 16.0 Å². The van der Waals surface area contributed by atoms with Crippen LogP contribution in [0.15, 0.2) is 52.0 Å². The normalized spacial score (nSPS) is 15.7. The van der Waals surface area contributed by atoms with Gasteiger partial charge in [-0.15, -0.1) is 0 Å². The maximum atomic E-state index is 12.8. The van der Waals surface area contributed by atoms with Gasteiger partial charge >= 0.3 is 0 Å². The molecule has 4 nitrogen and oxygen atoms in total. The number of nitrogens with zero attached hydrogens (tertiary/aromatic N) is 1. The van der Waals surface area contributed by atoms with Gasteiger partial charge in [0.1, 0.15) is 10.7 Å². The molecule has 1 fully saturated rings. The van der Waals surface area contributed by atoms with Crippen LogP contribution in [0.3, 0.4) is 0 Å². The van der Waals surface area contributed by atoms with Crippen molar-refractivity contribution in [2.45, 2.75) is 30.3 Å². The van der Waals surface area contributed by atoms with E-state index in [-0.39, 0.29) is 22.5 Å². The van der Waals surface area contributed by atoms with Crippen molar-refractivity contribution < 1.29 is 12.8 Å². The summed E-state index contributed by atoms with van der Waals surface area (Å²) in [6, 6.07) is 10.1. The van der Waals surface area contributed by atoms with Crippen LogP contribution in [-0.4, -0.2) is 18.8 Å². The molecule has 1 aliphatic carbocycles. The number of furan rings is 1. The molecule has 0 bridgehead atoms. The zero-order valence-corrected chi connectivity index (χ0v) is 12.3. The molecule has 3 rings (SSSR count). The van der Waals surface area contributed by atoms with E-state index < -0.39 is 10.0 Å². The summed E-state index contributed by atoms with van der Waals surface area (Å²) in [5, 5.41) is 0.248. The summed E-state index contributed by atoms with van der Waals surface area (Å²) >= 11 is 6.03. The molecule has 0 amide bonds. The quantitative estimate of drug-likeness (QED) is 0.851. The van der Waals surface area contributed by atoms with E-state index in [1.807, 2.05) is 0 Å². The van der Waals surface area contributed by atoms with Crippen LogP contribution in [-0.2, 0) is 16.6 Å². The first-order chi connectivity index (χ1) is 9.59. The summed E-state index contributed by atoms with van der Waals surface area (Å²) in [7, 11) is -3.60. The minimum absolute atomic E-state index is 0.0429. The van der Waals surface area contributed by atoms with E-state index in [0.29, 0.717) is 5.76 Å². The molecule has 1 aliphatic rings. The molecule has 20 heavy (non-hydrogen) atoms. The summed E-state index contributed by atoms with van der Waals surface area (Å²) in [5.41, 5.74) is 0. The molecule has 1 heterocycles. The van der Waals surface area contributed by atoms with Crippen molar-refractivity contribution in [3.63, 3.8) is 0 Å². The molecule has 106 valence electrons. The monoisotopic (exact) mass is 311 g/mol. The zero-order chi connectivity index (χ0) is 14.2. The minimum atomic E-state index is -3.60. The van der Waals surface area contributed by atoms with Crippen LogP contribution in [0, 0.1) is 0 Å². The first kappa shape index (κ1) is 13.7. The highest BCUT2D eigenvalue weighted by atomic mass is 35.5. The Kier molecular flexibility index (Phi) is 3.58. The van der Waals surface area contributed by atoms with Gasteiger partial charge in [-0.1, -0.05) is 23.7 Å². The van der Waals surface area contributed by atoms with Crippen LogP contribution < -0.4 is 0 Å². The fourth-order valence-electron chi connectivity index (χ4n) is 2.11. The third-order valence-electron chi connectivity index (χ3n) is 3.27. The predicted molar refractivity (Wildman–Crippen MR) is 75.9 cm³/mol. The van der Waals surface area contributed by atoms with Crippen LogP contribution in [0.1, 0.15) is 18.6 Å². The van der Waals surface area contributed by atoms with Crippen molar-refractivity contribution in [1.29, 1.82) is 0 Å². The second-order valence-electron chi connectivity index (χ2n) is 4.79. The Morgan fingerprint density at radius 1 is 1.20 bits per heavy atom. The summed E-state index contributed by atoms with van der Waals surface area (Å²) in [4.78, 5) is 0.153. The number of benzene rings is 1. The van der Waals surface area contributed by atoms with E-state index in [1.54, 1.807) is 36.6 Å². The molecule has 1 aromatic carbocycles. The lowest BCUT2D eigenvalue weighted by atomic mass is 10.4. The third-order valence-corrected chi connectivity index (χ3v) is 5.67. The van der Waals surface area contributed by atoms with Crippen molar-refractivity contribution in [2.24, 2.45) is 0 Å². The average Bonchev–Trinajstić information content (AvgIpc) is 3.12. The van der Waals surface area contributed by atoms with Crippen LogP contribution >= 0.6 is 11.6 Å². The van der Waals surface area contributed by atoms with Gasteiger partial charge in [-0.05, 0) is 37.1 Å².